The number of amides is 1. The minimum absolute atomic E-state index is 0.114. The molecular weight excluding hydrogens is 456 g/mol. The molecular formula is C22H28N8O3S. The number of aliphatic hydroxyl groups is 2. The zero-order valence-electron chi connectivity index (χ0n) is 18.5. The van der Waals surface area contributed by atoms with Crippen LogP contribution in [-0.4, -0.2) is 67.4 Å². The molecule has 0 spiro atoms. The third-order valence-electron chi connectivity index (χ3n) is 6.26. The van der Waals surface area contributed by atoms with E-state index in [0.29, 0.717) is 29.3 Å². The van der Waals surface area contributed by atoms with Crippen LogP contribution in [0.15, 0.2) is 36.7 Å². The Morgan fingerprint density at radius 1 is 1.32 bits per heavy atom. The van der Waals surface area contributed by atoms with E-state index in [1.165, 1.54) is 28.4 Å². The van der Waals surface area contributed by atoms with Gasteiger partial charge in [-0.2, -0.15) is 5.10 Å². The van der Waals surface area contributed by atoms with Gasteiger partial charge < -0.3 is 20.8 Å². The van der Waals surface area contributed by atoms with Gasteiger partial charge in [-0.05, 0) is 37.3 Å². The molecule has 1 saturated heterocycles. The molecule has 11 nitrogen and oxygen atoms in total. The number of aromatic nitrogens is 4. The van der Waals surface area contributed by atoms with E-state index in [0.717, 1.165) is 41.5 Å². The Labute approximate surface area is 200 Å². The summed E-state index contributed by atoms with van der Waals surface area (Å²) in [4.78, 5) is 12.6. The van der Waals surface area contributed by atoms with Gasteiger partial charge in [0.1, 0.15) is 5.01 Å². The summed E-state index contributed by atoms with van der Waals surface area (Å²) >= 11 is 1.51. The standard InChI is InChI=1S/C22H28N8O3S/c31-12-18(32)11-30-10-15(9-24-30)20(33)25-16-3-1-2-13(6-16)21-28-29-22(34-21)26-17-4-5-19-14(7-17)8-23-27-19/h1-3,6,9-10,14,17-19,23,27,31-32H,4-5,7-8,11-12H2,(H,25,33)(H,26,29). The summed E-state index contributed by atoms with van der Waals surface area (Å²) < 4.78 is 1.42. The third kappa shape index (κ3) is 5.26. The van der Waals surface area contributed by atoms with Crippen molar-refractivity contribution in [1.29, 1.82) is 0 Å². The Kier molecular flexibility index (Phi) is 6.83. The zero-order valence-corrected chi connectivity index (χ0v) is 19.3. The molecule has 0 bridgehead atoms. The topological polar surface area (TPSA) is 149 Å². The molecule has 2 fully saturated rings. The van der Waals surface area contributed by atoms with Gasteiger partial charge in [0.2, 0.25) is 5.13 Å². The van der Waals surface area contributed by atoms with Crippen molar-refractivity contribution in [3.05, 3.63) is 42.2 Å². The number of benzene rings is 1. The summed E-state index contributed by atoms with van der Waals surface area (Å²) in [6, 6.07) is 8.44. The summed E-state index contributed by atoms with van der Waals surface area (Å²) in [5, 5.41) is 39.2. The van der Waals surface area contributed by atoms with Crippen molar-refractivity contribution in [3.8, 4) is 10.6 Å². The second kappa shape index (κ2) is 10.2. The Bertz CT molecular complexity index is 1130. The molecule has 3 aromatic rings. The van der Waals surface area contributed by atoms with Gasteiger partial charge in [0.15, 0.2) is 0 Å². The Morgan fingerprint density at radius 3 is 3.12 bits per heavy atom. The maximum Gasteiger partial charge on any atom is 0.258 e. The molecule has 1 aliphatic heterocycles. The van der Waals surface area contributed by atoms with Gasteiger partial charge in [-0.25, -0.2) is 0 Å². The smallest absolute Gasteiger partial charge is 0.258 e. The van der Waals surface area contributed by atoms with Gasteiger partial charge in [0.05, 0.1) is 31.0 Å². The van der Waals surface area contributed by atoms with Gasteiger partial charge in [-0.1, -0.05) is 23.5 Å². The van der Waals surface area contributed by atoms with Gasteiger partial charge in [0.25, 0.3) is 5.91 Å². The minimum atomic E-state index is -0.925. The fourth-order valence-corrected chi connectivity index (χ4v) is 5.31. The highest BCUT2D eigenvalue weighted by molar-refractivity contribution is 7.18. The number of nitrogens with zero attached hydrogens (tertiary/aromatic N) is 4. The van der Waals surface area contributed by atoms with Crippen molar-refractivity contribution in [3.63, 3.8) is 0 Å². The highest BCUT2D eigenvalue weighted by Gasteiger charge is 2.34. The van der Waals surface area contributed by atoms with Gasteiger partial charge in [-0.3, -0.25) is 20.3 Å². The Hall–Kier alpha value is -2.90. The molecule has 1 amide bonds. The van der Waals surface area contributed by atoms with Crippen LogP contribution in [0.1, 0.15) is 29.6 Å². The number of rotatable bonds is 8. The van der Waals surface area contributed by atoms with E-state index in [2.05, 4.69) is 36.8 Å². The molecule has 4 unspecified atom stereocenters. The molecule has 4 atom stereocenters. The average Bonchev–Trinajstić information content (AvgIpc) is 3.60. The van der Waals surface area contributed by atoms with Gasteiger partial charge in [0, 0.05) is 36.1 Å². The van der Waals surface area contributed by atoms with Crippen molar-refractivity contribution in [2.24, 2.45) is 5.92 Å². The number of hydrogen-bond acceptors (Lipinski definition) is 10. The molecule has 5 rings (SSSR count). The molecule has 180 valence electrons. The number of nitrogens with one attached hydrogen (secondary N) is 4. The number of hydrogen-bond donors (Lipinski definition) is 6. The molecule has 34 heavy (non-hydrogen) atoms. The van der Waals surface area contributed by atoms with Crippen molar-refractivity contribution < 1.29 is 15.0 Å². The second-order valence-corrected chi connectivity index (χ2v) is 9.76. The van der Waals surface area contributed by atoms with Crippen LogP contribution < -0.4 is 21.5 Å². The summed E-state index contributed by atoms with van der Waals surface area (Å²) in [5.74, 6) is 0.332. The molecule has 1 saturated carbocycles. The summed E-state index contributed by atoms with van der Waals surface area (Å²) in [5.41, 5.74) is 8.48. The molecule has 6 N–H and O–H groups in total. The van der Waals surface area contributed by atoms with Crippen molar-refractivity contribution in [2.45, 2.75) is 44.0 Å². The zero-order chi connectivity index (χ0) is 23.5. The van der Waals surface area contributed by atoms with E-state index in [-0.39, 0.29) is 19.1 Å². The van der Waals surface area contributed by atoms with Gasteiger partial charge >= 0.3 is 0 Å². The quantitative estimate of drug-likeness (QED) is 0.276. The van der Waals surface area contributed by atoms with Crippen LogP contribution in [0.25, 0.3) is 10.6 Å². The lowest BCUT2D eigenvalue weighted by atomic mass is 9.83. The van der Waals surface area contributed by atoms with E-state index in [9.17, 15) is 9.90 Å². The predicted molar refractivity (Wildman–Crippen MR) is 128 cm³/mol. The lowest BCUT2D eigenvalue weighted by Crippen LogP contribution is -2.39. The van der Waals surface area contributed by atoms with E-state index >= 15 is 0 Å². The number of aliphatic hydroxyl groups excluding tert-OH is 2. The first kappa shape index (κ1) is 22.9. The fourth-order valence-electron chi connectivity index (χ4n) is 4.49. The molecule has 0 radical (unpaired) electrons. The van der Waals surface area contributed by atoms with Crippen molar-refractivity contribution in [2.75, 3.05) is 23.8 Å². The third-order valence-corrected chi connectivity index (χ3v) is 7.16. The molecule has 1 aromatic carbocycles. The minimum Gasteiger partial charge on any atom is -0.394 e. The summed E-state index contributed by atoms with van der Waals surface area (Å²) in [6.45, 7) is 0.754. The number of fused-ring (bicyclic) bond motifs is 1. The first-order chi connectivity index (χ1) is 16.6. The number of carbonyl (C=O) groups is 1. The lowest BCUT2D eigenvalue weighted by Gasteiger charge is -2.30. The van der Waals surface area contributed by atoms with Gasteiger partial charge in [-0.15, -0.1) is 10.2 Å². The normalized spacial score (nSPS) is 22.8. The number of carbonyl (C=O) groups excluding carboxylic acids is 1. The van der Waals surface area contributed by atoms with Crippen LogP contribution in [0.3, 0.4) is 0 Å². The van der Waals surface area contributed by atoms with Crippen LogP contribution in [0.2, 0.25) is 0 Å². The van der Waals surface area contributed by atoms with Crippen LogP contribution >= 0.6 is 11.3 Å². The molecule has 2 aromatic heterocycles. The Morgan fingerprint density at radius 2 is 2.24 bits per heavy atom. The van der Waals surface area contributed by atoms with Crippen LogP contribution in [0.4, 0.5) is 10.8 Å². The highest BCUT2D eigenvalue weighted by atomic mass is 32.1. The Balaban J connectivity index is 1.20. The maximum absolute atomic E-state index is 12.6. The summed E-state index contributed by atoms with van der Waals surface area (Å²) in [6.07, 6.45) is 5.39. The fraction of sp³-hybridized carbons (Fsp3) is 0.455. The second-order valence-electron chi connectivity index (χ2n) is 8.78. The number of anilines is 2. The van der Waals surface area contributed by atoms with E-state index in [1.807, 2.05) is 24.3 Å². The number of hydrazine groups is 1. The SMILES string of the molecule is O=C(Nc1cccc(-c2nnc(NC3CCC4NNCC4C3)s2)c1)c1cnn(CC(O)CO)c1. The average molecular weight is 485 g/mol. The molecule has 2 aliphatic rings. The van der Waals surface area contributed by atoms with Crippen molar-refractivity contribution >= 4 is 28.1 Å². The van der Waals surface area contributed by atoms with E-state index < -0.39 is 6.10 Å². The maximum atomic E-state index is 12.6. The van der Waals surface area contributed by atoms with E-state index in [1.54, 1.807) is 0 Å². The van der Waals surface area contributed by atoms with Crippen LogP contribution in [0, 0.1) is 5.92 Å². The van der Waals surface area contributed by atoms with Crippen molar-refractivity contribution in [1.82, 2.24) is 30.8 Å². The highest BCUT2D eigenvalue weighted by Crippen LogP contribution is 2.32. The lowest BCUT2D eigenvalue weighted by molar-refractivity contribution is 0.0782. The first-order valence-electron chi connectivity index (χ1n) is 11.4. The van der Waals surface area contributed by atoms with Crippen LogP contribution in [-0.2, 0) is 6.54 Å². The molecule has 12 heteroatoms. The monoisotopic (exact) mass is 484 g/mol. The molecule has 3 heterocycles. The van der Waals surface area contributed by atoms with Crippen LogP contribution in [0.5, 0.6) is 0 Å². The van der Waals surface area contributed by atoms with E-state index in [4.69, 9.17) is 5.11 Å². The molecule has 1 aliphatic carbocycles. The largest absolute Gasteiger partial charge is 0.394 e. The first-order valence-corrected chi connectivity index (χ1v) is 12.2. The summed E-state index contributed by atoms with van der Waals surface area (Å²) in [7, 11) is 0. The predicted octanol–water partition coefficient (Wildman–Crippen LogP) is 1.06.